The number of carboxylic acids is 1. The Bertz CT molecular complexity index is 1230. The fourth-order valence-corrected chi connectivity index (χ4v) is 3.94. The number of hydrogen-bond acceptors (Lipinski definition) is 11. The summed E-state index contributed by atoms with van der Waals surface area (Å²) in [5.41, 5.74) is -2.04. The molecule has 4 N–H and O–H groups in total. The lowest BCUT2D eigenvalue weighted by Gasteiger charge is -2.21. The molecule has 2 aliphatic rings. The van der Waals surface area contributed by atoms with E-state index in [1.165, 1.54) is 12.2 Å². The third-order valence-corrected chi connectivity index (χ3v) is 6.12. The van der Waals surface area contributed by atoms with Crippen LogP contribution >= 0.6 is 0 Å². The van der Waals surface area contributed by atoms with Crippen LogP contribution in [0.3, 0.4) is 0 Å². The fraction of sp³-hybridized carbons (Fsp3) is 0.500. The molecule has 1 fully saturated rings. The monoisotopic (exact) mass is 570 g/mol. The minimum absolute atomic E-state index is 0.0684. The second kappa shape index (κ2) is 13.4. The molecule has 218 valence electrons. The zero-order valence-electron chi connectivity index (χ0n) is 21.1. The number of unbranched alkanes of at least 4 members (excludes halogenated alkanes) is 4. The van der Waals surface area contributed by atoms with Crippen LogP contribution in [0.5, 0.6) is 0 Å². The highest BCUT2D eigenvalue weighted by atomic mass is 19.3. The third kappa shape index (κ3) is 7.13. The molecule has 0 radical (unpaired) electrons. The number of carbonyl (C=O) groups excluding carboxylic acids is 3. The highest BCUT2D eigenvalue weighted by Crippen LogP contribution is 2.41. The Morgan fingerprint density at radius 1 is 1.12 bits per heavy atom. The van der Waals surface area contributed by atoms with Crippen molar-refractivity contribution in [2.45, 2.75) is 56.5 Å². The molecular weight excluding hydrogens is 542 g/mol. The van der Waals surface area contributed by atoms with E-state index in [1.54, 1.807) is 0 Å². The molecular formula is C24H28F2N4O10. The molecule has 14 nitrogen and oxygen atoms in total. The number of halogens is 2. The molecule has 0 saturated carbocycles. The van der Waals surface area contributed by atoms with E-state index < -0.39 is 54.2 Å². The number of imide groups is 1. The van der Waals surface area contributed by atoms with Crippen LogP contribution in [0.15, 0.2) is 41.0 Å². The van der Waals surface area contributed by atoms with Gasteiger partial charge in [0.05, 0.1) is 13.2 Å². The van der Waals surface area contributed by atoms with Crippen molar-refractivity contribution < 1.29 is 52.8 Å². The Morgan fingerprint density at radius 3 is 2.38 bits per heavy atom. The Hall–Kier alpha value is -4.02. The van der Waals surface area contributed by atoms with E-state index in [4.69, 9.17) is 14.6 Å². The van der Waals surface area contributed by atoms with Crippen LogP contribution in [0.2, 0.25) is 0 Å². The topological polar surface area (TPSA) is 198 Å². The average molecular weight is 571 g/mol. The summed E-state index contributed by atoms with van der Waals surface area (Å²) in [5.74, 6) is -7.64. The summed E-state index contributed by atoms with van der Waals surface area (Å²) in [4.78, 5) is 63.5. The predicted octanol–water partition coefficient (Wildman–Crippen LogP) is -0.0717. The molecule has 1 aromatic heterocycles. The summed E-state index contributed by atoms with van der Waals surface area (Å²) in [6, 6.07) is 1.03. The number of carbonyl (C=O) groups is 4. The van der Waals surface area contributed by atoms with Crippen molar-refractivity contribution in [3.05, 3.63) is 46.7 Å². The number of hydrogen-bond donors (Lipinski definition) is 4. The average Bonchev–Trinajstić information content (AvgIpc) is 3.34. The SMILES string of the molecule is O=C(O)/C(=C\Nc1ccn([C@@H]2O[C@H](CO)C(O)C2(F)F)c(=O)n1)C(=O)OCCCCCCCN1C(=O)C=CC1=O. The summed E-state index contributed by atoms with van der Waals surface area (Å²) in [6.45, 7) is -0.657. The summed E-state index contributed by atoms with van der Waals surface area (Å²) in [5, 5.41) is 30.3. The maximum atomic E-state index is 14.3. The summed E-state index contributed by atoms with van der Waals surface area (Å²) >= 11 is 0. The highest BCUT2D eigenvalue weighted by Gasteiger charge is 2.59. The zero-order valence-corrected chi connectivity index (χ0v) is 21.1. The fourth-order valence-electron chi connectivity index (χ4n) is 3.94. The van der Waals surface area contributed by atoms with Gasteiger partial charge in [-0.05, 0) is 18.9 Å². The van der Waals surface area contributed by atoms with Gasteiger partial charge in [0.15, 0.2) is 11.7 Å². The first-order chi connectivity index (χ1) is 19.0. The van der Waals surface area contributed by atoms with Crippen LogP contribution in [0.1, 0.15) is 38.3 Å². The third-order valence-electron chi connectivity index (χ3n) is 6.12. The maximum Gasteiger partial charge on any atom is 0.351 e. The quantitative estimate of drug-likeness (QED) is 0.0581. The lowest BCUT2D eigenvalue weighted by atomic mass is 10.1. The van der Waals surface area contributed by atoms with Gasteiger partial charge in [-0.15, -0.1) is 0 Å². The van der Waals surface area contributed by atoms with Gasteiger partial charge < -0.3 is 30.1 Å². The molecule has 0 spiro atoms. The number of esters is 1. The number of ether oxygens (including phenoxy) is 2. The molecule has 3 heterocycles. The molecule has 3 atom stereocenters. The van der Waals surface area contributed by atoms with Gasteiger partial charge in [-0.1, -0.05) is 19.3 Å². The molecule has 0 bridgehead atoms. The van der Waals surface area contributed by atoms with E-state index in [2.05, 4.69) is 10.3 Å². The smallest absolute Gasteiger partial charge is 0.351 e. The van der Waals surface area contributed by atoms with E-state index in [1.807, 2.05) is 0 Å². The summed E-state index contributed by atoms with van der Waals surface area (Å²) in [7, 11) is 0. The number of nitrogens with zero attached hydrogens (tertiary/aromatic N) is 3. The number of nitrogens with one attached hydrogen (secondary N) is 1. The number of carboxylic acid groups (broad SMARTS) is 1. The van der Waals surface area contributed by atoms with Crippen LogP contribution in [0, 0.1) is 0 Å². The van der Waals surface area contributed by atoms with E-state index in [0.717, 1.165) is 36.2 Å². The molecule has 0 aromatic carbocycles. The van der Waals surface area contributed by atoms with Gasteiger partial charge in [-0.2, -0.15) is 13.8 Å². The van der Waals surface area contributed by atoms with Crippen molar-refractivity contribution in [3.63, 3.8) is 0 Å². The number of aromatic nitrogens is 2. The summed E-state index contributed by atoms with van der Waals surface area (Å²) < 4.78 is 38.8. The first-order valence-corrected chi connectivity index (χ1v) is 12.3. The first kappa shape index (κ1) is 30.5. The highest BCUT2D eigenvalue weighted by molar-refractivity contribution is 6.13. The van der Waals surface area contributed by atoms with Gasteiger partial charge in [0.2, 0.25) is 6.23 Å². The number of rotatable bonds is 14. The second-order valence-corrected chi connectivity index (χ2v) is 8.90. The number of aliphatic hydroxyl groups excluding tert-OH is 2. The minimum Gasteiger partial charge on any atom is -0.477 e. The Kier molecular flexibility index (Phi) is 10.2. The van der Waals surface area contributed by atoms with Crippen molar-refractivity contribution in [3.8, 4) is 0 Å². The van der Waals surface area contributed by atoms with Crippen LogP contribution in [-0.2, 0) is 28.7 Å². The molecule has 2 amide bonds. The number of aliphatic hydroxyl groups is 2. The van der Waals surface area contributed by atoms with Crippen molar-refractivity contribution in [2.24, 2.45) is 0 Å². The van der Waals surface area contributed by atoms with Crippen molar-refractivity contribution in [1.29, 1.82) is 0 Å². The van der Waals surface area contributed by atoms with Crippen LogP contribution in [-0.4, -0.2) is 91.4 Å². The van der Waals surface area contributed by atoms with Crippen LogP contribution in [0.25, 0.3) is 0 Å². The van der Waals surface area contributed by atoms with Gasteiger partial charge in [0.25, 0.3) is 11.8 Å². The Morgan fingerprint density at radius 2 is 1.77 bits per heavy atom. The molecule has 2 aliphatic heterocycles. The minimum atomic E-state index is -3.90. The maximum absolute atomic E-state index is 14.3. The molecule has 1 saturated heterocycles. The van der Waals surface area contributed by atoms with Crippen LogP contribution in [0.4, 0.5) is 14.6 Å². The molecule has 16 heteroatoms. The lowest BCUT2D eigenvalue weighted by molar-refractivity contribution is -0.144. The number of aliphatic carboxylic acids is 1. The van der Waals surface area contributed by atoms with Gasteiger partial charge in [0, 0.05) is 31.1 Å². The number of alkyl halides is 2. The van der Waals surface area contributed by atoms with Crippen molar-refractivity contribution in [1.82, 2.24) is 14.5 Å². The molecule has 0 aliphatic carbocycles. The van der Waals surface area contributed by atoms with E-state index in [-0.39, 0.29) is 24.2 Å². The normalized spacial score (nSPS) is 22.1. The Balaban J connectivity index is 1.45. The molecule has 40 heavy (non-hydrogen) atoms. The first-order valence-electron chi connectivity index (χ1n) is 12.3. The molecule has 1 aromatic rings. The van der Waals surface area contributed by atoms with Gasteiger partial charge >= 0.3 is 23.6 Å². The van der Waals surface area contributed by atoms with Gasteiger partial charge in [0.1, 0.15) is 11.9 Å². The van der Waals surface area contributed by atoms with E-state index in [0.29, 0.717) is 30.4 Å². The van der Waals surface area contributed by atoms with Crippen LogP contribution < -0.4 is 11.0 Å². The lowest BCUT2D eigenvalue weighted by Crippen LogP contribution is -2.41. The van der Waals surface area contributed by atoms with Gasteiger partial charge in [-0.25, -0.2) is 14.4 Å². The van der Waals surface area contributed by atoms with E-state index in [9.17, 15) is 43.0 Å². The zero-order chi connectivity index (χ0) is 29.4. The Labute approximate surface area is 225 Å². The number of anilines is 1. The largest absolute Gasteiger partial charge is 0.477 e. The molecule has 1 unspecified atom stereocenters. The predicted molar refractivity (Wildman–Crippen MR) is 130 cm³/mol. The standard InChI is InChI=1S/C24H28F2N4O10/c25-24(26)19(34)15(13-31)40-22(24)30-10-8-16(28-23(30)38)27-12-14(20(35)36)21(37)39-11-5-3-1-2-4-9-29-17(32)6-7-18(29)33/h6-8,10,12,15,19,22,31,34H,1-5,9,11,13H2,(H,35,36)(H,27,28,38)/b14-12+/t15-,19?,22-/m1/s1. The second-order valence-electron chi connectivity index (χ2n) is 8.90. The van der Waals surface area contributed by atoms with Gasteiger partial charge in [-0.3, -0.25) is 19.1 Å². The number of amides is 2. The summed E-state index contributed by atoms with van der Waals surface area (Å²) in [6.07, 6.45) is 1.01. The van der Waals surface area contributed by atoms with Crippen molar-refractivity contribution >= 4 is 29.6 Å². The van der Waals surface area contributed by atoms with Crippen molar-refractivity contribution in [2.75, 3.05) is 25.1 Å². The van der Waals surface area contributed by atoms with E-state index >= 15 is 0 Å². The molecule has 3 rings (SSSR count).